The van der Waals surface area contributed by atoms with E-state index in [4.69, 9.17) is 4.74 Å². The lowest BCUT2D eigenvalue weighted by atomic mass is 10.1. The van der Waals surface area contributed by atoms with E-state index >= 15 is 0 Å². The first-order valence-electron chi connectivity index (χ1n) is 8.35. The number of nitrogens with one attached hydrogen (secondary N) is 2. The molecule has 1 aliphatic heterocycles. The van der Waals surface area contributed by atoms with E-state index in [-0.39, 0.29) is 18.6 Å². The van der Waals surface area contributed by atoms with Crippen molar-refractivity contribution in [2.24, 2.45) is 0 Å². The molecule has 2 aromatic rings. The summed E-state index contributed by atoms with van der Waals surface area (Å²) >= 11 is 0. The number of hydrogen-bond acceptors (Lipinski definition) is 3. The molecule has 0 radical (unpaired) electrons. The van der Waals surface area contributed by atoms with Gasteiger partial charge in [0.15, 0.2) is 0 Å². The molecule has 0 aromatic heterocycles. The predicted molar refractivity (Wildman–Crippen MR) is 91.9 cm³/mol. The van der Waals surface area contributed by atoms with Crippen molar-refractivity contribution in [1.29, 1.82) is 0 Å². The van der Waals surface area contributed by atoms with E-state index in [1.807, 2.05) is 0 Å². The van der Waals surface area contributed by atoms with Crippen molar-refractivity contribution in [1.82, 2.24) is 5.32 Å². The van der Waals surface area contributed by atoms with Crippen molar-refractivity contribution in [2.45, 2.75) is 31.7 Å². The van der Waals surface area contributed by atoms with E-state index < -0.39 is 11.7 Å². The topological polar surface area (TPSA) is 50.4 Å². The van der Waals surface area contributed by atoms with Crippen molar-refractivity contribution in [3.05, 3.63) is 59.7 Å². The summed E-state index contributed by atoms with van der Waals surface area (Å²) in [5.74, 6) is 0.516. The maximum atomic E-state index is 12.5. The molecule has 138 valence electrons. The third-order valence-corrected chi connectivity index (χ3v) is 4.19. The number of anilines is 1. The van der Waals surface area contributed by atoms with Crippen molar-refractivity contribution < 1.29 is 22.7 Å². The molecule has 1 amide bonds. The normalized spacial score (nSPS) is 17.1. The molecule has 2 N–H and O–H groups in total. The summed E-state index contributed by atoms with van der Waals surface area (Å²) < 4.78 is 43.2. The summed E-state index contributed by atoms with van der Waals surface area (Å²) in [5.41, 5.74) is 0.631. The largest absolute Gasteiger partial charge is 0.489 e. The molecular weight excluding hydrogens is 345 g/mol. The average molecular weight is 364 g/mol. The van der Waals surface area contributed by atoms with Crippen LogP contribution in [-0.4, -0.2) is 18.5 Å². The molecule has 0 saturated carbocycles. The highest BCUT2D eigenvalue weighted by atomic mass is 19.4. The monoisotopic (exact) mass is 364 g/mol. The first-order chi connectivity index (χ1) is 12.4. The Balaban J connectivity index is 1.52. The average Bonchev–Trinajstić information content (AvgIpc) is 3.15. The molecule has 1 aliphatic rings. The molecule has 0 bridgehead atoms. The lowest BCUT2D eigenvalue weighted by Gasteiger charge is -2.12. The van der Waals surface area contributed by atoms with Crippen molar-refractivity contribution in [3.8, 4) is 5.75 Å². The van der Waals surface area contributed by atoms with Crippen LogP contribution in [-0.2, 0) is 17.6 Å². The van der Waals surface area contributed by atoms with Gasteiger partial charge in [-0.2, -0.15) is 13.2 Å². The van der Waals surface area contributed by atoms with Crippen LogP contribution in [0.1, 0.15) is 24.0 Å². The zero-order valence-corrected chi connectivity index (χ0v) is 14.0. The number of hydrogen-bond donors (Lipinski definition) is 2. The van der Waals surface area contributed by atoms with Crippen LogP contribution in [0.5, 0.6) is 5.75 Å². The molecular formula is C19H19F3N2O2. The van der Waals surface area contributed by atoms with Crippen LogP contribution in [0.2, 0.25) is 0 Å². The molecule has 1 unspecified atom stereocenters. The summed E-state index contributed by atoms with van der Waals surface area (Å²) in [7, 11) is 0. The van der Waals surface area contributed by atoms with Crippen molar-refractivity contribution >= 4 is 11.6 Å². The van der Waals surface area contributed by atoms with Crippen LogP contribution in [0.25, 0.3) is 0 Å². The zero-order valence-electron chi connectivity index (χ0n) is 14.0. The number of amides is 1. The molecule has 4 nitrogen and oxygen atoms in total. The number of rotatable bonds is 5. The van der Waals surface area contributed by atoms with Crippen LogP contribution in [0.15, 0.2) is 48.5 Å². The molecule has 0 aliphatic carbocycles. The van der Waals surface area contributed by atoms with Gasteiger partial charge in [-0.1, -0.05) is 12.1 Å². The Labute approximate surface area is 149 Å². The van der Waals surface area contributed by atoms with E-state index in [0.29, 0.717) is 17.0 Å². The first-order valence-corrected chi connectivity index (χ1v) is 8.35. The quantitative estimate of drug-likeness (QED) is 0.844. The van der Waals surface area contributed by atoms with Gasteiger partial charge in [0.1, 0.15) is 12.4 Å². The molecule has 7 heteroatoms. The fourth-order valence-corrected chi connectivity index (χ4v) is 2.73. The molecule has 2 aromatic carbocycles. The highest BCUT2D eigenvalue weighted by molar-refractivity contribution is 5.95. The SMILES string of the molecule is O=C(Nc1ccc(OCc2ccc(C(F)(F)F)cc2)cc1)C1CCCN1. The van der Waals surface area contributed by atoms with Gasteiger partial charge in [-0.05, 0) is 61.3 Å². The van der Waals surface area contributed by atoms with Gasteiger partial charge in [0, 0.05) is 5.69 Å². The minimum absolute atomic E-state index is 0.0547. The fraction of sp³-hybridized carbons (Fsp3) is 0.316. The molecule has 1 fully saturated rings. The van der Waals surface area contributed by atoms with E-state index in [0.717, 1.165) is 31.5 Å². The van der Waals surface area contributed by atoms with Gasteiger partial charge >= 0.3 is 6.18 Å². The number of ether oxygens (including phenoxy) is 1. The highest BCUT2D eigenvalue weighted by Gasteiger charge is 2.29. The van der Waals surface area contributed by atoms with Gasteiger partial charge in [-0.15, -0.1) is 0 Å². The van der Waals surface area contributed by atoms with E-state index in [1.165, 1.54) is 12.1 Å². The second-order valence-corrected chi connectivity index (χ2v) is 6.15. The standard InChI is InChI=1S/C19H19F3N2O2/c20-19(21,22)14-5-3-13(4-6-14)12-26-16-9-7-15(8-10-16)24-18(25)17-2-1-11-23-17/h3-10,17,23H,1-2,11-12H2,(H,24,25). The Bertz CT molecular complexity index is 737. The van der Waals surface area contributed by atoms with E-state index in [2.05, 4.69) is 10.6 Å². The Morgan fingerprint density at radius 1 is 1.12 bits per heavy atom. The Hall–Kier alpha value is -2.54. The Morgan fingerprint density at radius 3 is 2.38 bits per heavy atom. The second kappa shape index (κ2) is 7.78. The highest BCUT2D eigenvalue weighted by Crippen LogP contribution is 2.29. The summed E-state index contributed by atoms with van der Waals surface area (Å²) in [4.78, 5) is 12.0. The number of carbonyl (C=O) groups is 1. The summed E-state index contributed by atoms with van der Waals surface area (Å²) in [5, 5.41) is 5.97. The third-order valence-electron chi connectivity index (χ3n) is 4.19. The lowest BCUT2D eigenvalue weighted by molar-refractivity contribution is -0.137. The van der Waals surface area contributed by atoms with Gasteiger partial charge in [0.05, 0.1) is 11.6 Å². The number of carbonyl (C=O) groups excluding carboxylic acids is 1. The minimum atomic E-state index is -4.34. The van der Waals surface area contributed by atoms with Crippen LogP contribution < -0.4 is 15.4 Å². The molecule has 1 heterocycles. The fourth-order valence-electron chi connectivity index (χ4n) is 2.73. The van der Waals surface area contributed by atoms with Gasteiger partial charge in [-0.25, -0.2) is 0 Å². The van der Waals surface area contributed by atoms with Crippen molar-refractivity contribution in [3.63, 3.8) is 0 Å². The van der Waals surface area contributed by atoms with Crippen LogP contribution in [0.3, 0.4) is 0 Å². The minimum Gasteiger partial charge on any atom is -0.489 e. The van der Waals surface area contributed by atoms with Crippen LogP contribution >= 0.6 is 0 Å². The van der Waals surface area contributed by atoms with Crippen LogP contribution in [0, 0.1) is 0 Å². The third kappa shape index (κ3) is 4.76. The summed E-state index contributed by atoms with van der Waals surface area (Å²) in [6.45, 7) is 1.02. The Morgan fingerprint density at radius 2 is 1.81 bits per heavy atom. The lowest BCUT2D eigenvalue weighted by Crippen LogP contribution is -2.35. The molecule has 1 atom stereocenters. The van der Waals surface area contributed by atoms with Gasteiger partial charge in [-0.3, -0.25) is 4.79 Å². The van der Waals surface area contributed by atoms with Gasteiger partial charge in [0.2, 0.25) is 5.91 Å². The van der Waals surface area contributed by atoms with Gasteiger partial charge in [0.25, 0.3) is 0 Å². The van der Waals surface area contributed by atoms with E-state index in [9.17, 15) is 18.0 Å². The zero-order chi connectivity index (χ0) is 18.6. The maximum Gasteiger partial charge on any atom is 0.416 e. The van der Waals surface area contributed by atoms with Crippen LogP contribution in [0.4, 0.5) is 18.9 Å². The molecule has 1 saturated heterocycles. The predicted octanol–water partition coefficient (Wildman–Crippen LogP) is 3.97. The summed E-state index contributed by atoms with van der Waals surface area (Å²) in [6.07, 6.45) is -2.51. The maximum absolute atomic E-state index is 12.5. The number of benzene rings is 2. The Kier molecular flexibility index (Phi) is 5.46. The van der Waals surface area contributed by atoms with Crippen molar-refractivity contribution in [2.75, 3.05) is 11.9 Å². The number of halogens is 3. The smallest absolute Gasteiger partial charge is 0.416 e. The summed E-state index contributed by atoms with van der Waals surface area (Å²) in [6, 6.07) is 11.6. The second-order valence-electron chi connectivity index (χ2n) is 6.15. The molecule has 0 spiro atoms. The van der Waals surface area contributed by atoms with Gasteiger partial charge < -0.3 is 15.4 Å². The molecule has 3 rings (SSSR count). The molecule has 26 heavy (non-hydrogen) atoms. The van der Waals surface area contributed by atoms with E-state index in [1.54, 1.807) is 24.3 Å². The first kappa shape index (κ1) is 18.3. The number of alkyl halides is 3.